The molecular formula is C16H19NO4. The van der Waals surface area contributed by atoms with Crippen molar-refractivity contribution in [2.24, 2.45) is 5.92 Å². The number of nitrogens with zero attached hydrogens (tertiary/aromatic N) is 1. The summed E-state index contributed by atoms with van der Waals surface area (Å²) in [4.78, 5) is 25.2. The summed E-state index contributed by atoms with van der Waals surface area (Å²) in [6.45, 7) is 4.80. The van der Waals surface area contributed by atoms with Crippen molar-refractivity contribution in [1.82, 2.24) is 4.90 Å². The van der Waals surface area contributed by atoms with E-state index in [9.17, 15) is 9.59 Å². The van der Waals surface area contributed by atoms with E-state index < -0.39 is 6.09 Å². The molecule has 1 unspecified atom stereocenters. The number of benzene rings is 1. The van der Waals surface area contributed by atoms with Crippen LogP contribution < -0.4 is 0 Å². The van der Waals surface area contributed by atoms with Gasteiger partial charge in [0.2, 0.25) is 0 Å². The SMILES string of the molecule is C=CCOC(=O)C1CCN(C(=O)OCc2ccccc2)C1. The first kappa shape index (κ1) is 15.1. The summed E-state index contributed by atoms with van der Waals surface area (Å²) in [5.41, 5.74) is 0.937. The Balaban J connectivity index is 1.77. The summed E-state index contributed by atoms with van der Waals surface area (Å²) < 4.78 is 10.2. The van der Waals surface area contributed by atoms with Gasteiger partial charge in [-0.15, -0.1) is 0 Å². The van der Waals surface area contributed by atoms with Gasteiger partial charge in [0.25, 0.3) is 0 Å². The first-order chi connectivity index (χ1) is 10.2. The number of hydrogen-bond acceptors (Lipinski definition) is 4. The van der Waals surface area contributed by atoms with Crippen molar-refractivity contribution < 1.29 is 19.1 Å². The Hall–Kier alpha value is -2.30. The highest BCUT2D eigenvalue weighted by Gasteiger charge is 2.32. The van der Waals surface area contributed by atoms with Crippen molar-refractivity contribution in [1.29, 1.82) is 0 Å². The van der Waals surface area contributed by atoms with Gasteiger partial charge in [-0.1, -0.05) is 43.0 Å². The second-order valence-corrected chi connectivity index (χ2v) is 4.89. The first-order valence-electron chi connectivity index (χ1n) is 6.94. The molecule has 0 radical (unpaired) electrons. The zero-order chi connectivity index (χ0) is 15.1. The van der Waals surface area contributed by atoms with Crippen molar-refractivity contribution in [3.63, 3.8) is 0 Å². The van der Waals surface area contributed by atoms with Crippen LogP contribution in [0.3, 0.4) is 0 Å². The van der Waals surface area contributed by atoms with Crippen LogP contribution in [-0.4, -0.2) is 36.7 Å². The van der Waals surface area contributed by atoms with E-state index in [1.807, 2.05) is 30.3 Å². The van der Waals surface area contributed by atoms with Gasteiger partial charge in [-0.2, -0.15) is 0 Å². The summed E-state index contributed by atoms with van der Waals surface area (Å²) in [5.74, 6) is -0.553. The maximum Gasteiger partial charge on any atom is 0.410 e. The number of ether oxygens (including phenoxy) is 2. The molecule has 0 aromatic heterocycles. The molecule has 1 aliphatic heterocycles. The Morgan fingerprint density at radius 1 is 1.29 bits per heavy atom. The molecule has 1 atom stereocenters. The minimum Gasteiger partial charge on any atom is -0.461 e. The van der Waals surface area contributed by atoms with E-state index in [1.54, 1.807) is 4.90 Å². The van der Waals surface area contributed by atoms with Gasteiger partial charge in [-0.3, -0.25) is 4.79 Å². The zero-order valence-corrected chi connectivity index (χ0v) is 11.9. The van der Waals surface area contributed by atoms with Gasteiger partial charge < -0.3 is 14.4 Å². The van der Waals surface area contributed by atoms with Crippen molar-refractivity contribution in [3.8, 4) is 0 Å². The fraction of sp³-hybridized carbons (Fsp3) is 0.375. The predicted octanol–water partition coefficient (Wildman–Crippen LogP) is 2.37. The quantitative estimate of drug-likeness (QED) is 0.617. The third-order valence-corrected chi connectivity index (χ3v) is 3.33. The van der Waals surface area contributed by atoms with Gasteiger partial charge in [-0.05, 0) is 12.0 Å². The molecule has 5 nitrogen and oxygen atoms in total. The van der Waals surface area contributed by atoms with E-state index in [2.05, 4.69) is 6.58 Å². The molecular weight excluding hydrogens is 270 g/mol. The topological polar surface area (TPSA) is 55.8 Å². The number of carbonyl (C=O) groups is 2. The lowest BCUT2D eigenvalue weighted by atomic mass is 10.1. The van der Waals surface area contributed by atoms with E-state index in [-0.39, 0.29) is 25.1 Å². The largest absolute Gasteiger partial charge is 0.461 e. The van der Waals surface area contributed by atoms with E-state index >= 15 is 0 Å². The predicted molar refractivity (Wildman–Crippen MR) is 77.5 cm³/mol. The van der Waals surface area contributed by atoms with Crippen LogP contribution in [0.5, 0.6) is 0 Å². The highest BCUT2D eigenvalue weighted by atomic mass is 16.6. The average molecular weight is 289 g/mol. The van der Waals surface area contributed by atoms with Crippen LogP contribution in [0.15, 0.2) is 43.0 Å². The monoisotopic (exact) mass is 289 g/mol. The van der Waals surface area contributed by atoms with Crippen LogP contribution in [0.4, 0.5) is 4.79 Å². The van der Waals surface area contributed by atoms with Crippen molar-refractivity contribution in [2.75, 3.05) is 19.7 Å². The van der Waals surface area contributed by atoms with E-state index in [1.165, 1.54) is 6.08 Å². The van der Waals surface area contributed by atoms with Crippen LogP contribution in [0.1, 0.15) is 12.0 Å². The third kappa shape index (κ3) is 4.34. The molecule has 1 aliphatic rings. The molecule has 0 spiro atoms. The number of amides is 1. The van der Waals surface area contributed by atoms with Crippen molar-refractivity contribution in [3.05, 3.63) is 48.6 Å². The second kappa shape index (κ2) is 7.47. The second-order valence-electron chi connectivity index (χ2n) is 4.89. The average Bonchev–Trinajstić information content (AvgIpc) is 3.01. The lowest BCUT2D eigenvalue weighted by molar-refractivity contribution is -0.146. The summed E-state index contributed by atoms with van der Waals surface area (Å²) in [6.07, 6.45) is 1.74. The maximum atomic E-state index is 11.9. The molecule has 0 bridgehead atoms. The third-order valence-electron chi connectivity index (χ3n) is 3.33. The van der Waals surface area contributed by atoms with E-state index in [0.717, 1.165) is 5.56 Å². The fourth-order valence-electron chi connectivity index (χ4n) is 2.19. The van der Waals surface area contributed by atoms with Gasteiger partial charge in [0.05, 0.1) is 5.92 Å². The Bertz CT molecular complexity index is 500. The normalized spacial score (nSPS) is 17.3. The standard InChI is InChI=1S/C16H19NO4/c1-2-10-20-15(18)14-8-9-17(11-14)16(19)21-12-13-6-4-3-5-7-13/h2-7,14H,1,8-12H2. The molecule has 2 rings (SSSR count). The summed E-state index contributed by atoms with van der Waals surface area (Å²) in [5, 5.41) is 0. The highest BCUT2D eigenvalue weighted by molar-refractivity contribution is 5.75. The van der Waals surface area contributed by atoms with Crippen LogP contribution in [0, 0.1) is 5.92 Å². The van der Waals surface area contributed by atoms with Crippen molar-refractivity contribution in [2.45, 2.75) is 13.0 Å². The Labute approximate surface area is 124 Å². The molecule has 1 fully saturated rings. The van der Waals surface area contributed by atoms with Crippen LogP contribution in [0.25, 0.3) is 0 Å². The van der Waals surface area contributed by atoms with Gasteiger partial charge in [0.1, 0.15) is 13.2 Å². The molecule has 0 aliphatic carbocycles. The molecule has 1 amide bonds. The maximum absolute atomic E-state index is 11.9. The number of likely N-dealkylation sites (tertiary alicyclic amines) is 1. The summed E-state index contributed by atoms with van der Waals surface area (Å²) in [6, 6.07) is 9.49. The number of hydrogen-bond donors (Lipinski definition) is 0. The molecule has 21 heavy (non-hydrogen) atoms. The molecule has 1 heterocycles. The molecule has 112 valence electrons. The minimum absolute atomic E-state index is 0.202. The summed E-state index contributed by atoms with van der Waals surface area (Å²) >= 11 is 0. The number of rotatable bonds is 5. The molecule has 1 saturated heterocycles. The van der Waals surface area contributed by atoms with E-state index in [0.29, 0.717) is 19.5 Å². The lowest BCUT2D eigenvalue weighted by Gasteiger charge is -2.16. The van der Waals surface area contributed by atoms with Crippen molar-refractivity contribution >= 4 is 12.1 Å². The highest BCUT2D eigenvalue weighted by Crippen LogP contribution is 2.19. The first-order valence-corrected chi connectivity index (χ1v) is 6.94. The van der Waals surface area contributed by atoms with Gasteiger partial charge in [0, 0.05) is 13.1 Å². The smallest absolute Gasteiger partial charge is 0.410 e. The van der Waals surface area contributed by atoms with Gasteiger partial charge in [0.15, 0.2) is 0 Å². The number of carbonyl (C=O) groups excluding carboxylic acids is 2. The molecule has 0 saturated carbocycles. The Kier molecular flexibility index (Phi) is 5.37. The summed E-state index contributed by atoms with van der Waals surface area (Å²) in [7, 11) is 0. The fourth-order valence-corrected chi connectivity index (χ4v) is 2.19. The zero-order valence-electron chi connectivity index (χ0n) is 11.9. The molecule has 5 heteroatoms. The van der Waals surface area contributed by atoms with Gasteiger partial charge >= 0.3 is 12.1 Å². The molecule has 1 aromatic carbocycles. The Morgan fingerprint density at radius 3 is 2.76 bits per heavy atom. The molecule has 0 N–H and O–H groups in total. The Morgan fingerprint density at radius 2 is 2.05 bits per heavy atom. The van der Waals surface area contributed by atoms with Crippen LogP contribution in [0.2, 0.25) is 0 Å². The van der Waals surface area contributed by atoms with E-state index in [4.69, 9.17) is 9.47 Å². The van der Waals surface area contributed by atoms with Crippen LogP contribution >= 0.6 is 0 Å². The van der Waals surface area contributed by atoms with Gasteiger partial charge in [-0.25, -0.2) is 4.79 Å². The number of esters is 1. The van der Waals surface area contributed by atoms with Crippen LogP contribution in [-0.2, 0) is 20.9 Å². The minimum atomic E-state index is -0.391. The molecule has 1 aromatic rings. The lowest BCUT2D eigenvalue weighted by Crippen LogP contribution is -2.30.